The predicted octanol–water partition coefficient (Wildman–Crippen LogP) is 4.96. The number of ketones is 1. The van der Waals surface area contributed by atoms with E-state index in [2.05, 4.69) is 48.5 Å². The van der Waals surface area contributed by atoms with Gasteiger partial charge in [0, 0.05) is 11.3 Å². The van der Waals surface area contributed by atoms with Gasteiger partial charge in [-0.1, -0.05) is 48.9 Å². The highest BCUT2D eigenvalue weighted by Crippen LogP contribution is 2.32. The van der Waals surface area contributed by atoms with Crippen LogP contribution in [0, 0.1) is 0 Å². The minimum absolute atomic E-state index is 0.173. The first-order valence-corrected chi connectivity index (χ1v) is 8.06. The van der Waals surface area contributed by atoms with E-state index in [1.807, 2.05) is 6.07 Å². The Labute approximate surface area is 124 Å². The highest BCUT2D eigenvalue weighted by atomic mass is 32.2. The lowest BCUT2D eigenvalue weighted by molar-refractivity contribution is -0.119. The second-order valence-electron chi connectivity index (χ2n) is 5.21. The fourth-order valence-corrected chi connectivity index (χ4v) is 3.75. The monoisotopic (exact) mass is 282 g/mol. The van der Waals surface area contributed by atoms with Crippen molar-refractivity contribution in [2.24, 2.45) is 0 Å². The first kappa shape index (κ1) is 13.4. The summed E-state index contributed by atoms with van der Waals surface area (Å²) in [6.07, 6.45) is 4.05. The number of benzene rings is 2. The zero-order valence-corrected chi connectivity index (χ0v) is 12.2. The van der Waals surface area contributed by atoms with Crippen molar-refractivity contribution in [2.45, 2.75) is 35.8 Å². The van der Waals surface area contributed by atoms with Gasteiger partial charge in [-0.15, -0.1) is 11.8 Å². The molecule has 0 amide bonds. The average molecular weight is 282 g/mol. The van der Waals surface area contributed by atoms with Gasteiger partial charge in [-0.25, -0.2) is 0 Å². The molecule has 0 aliphatic heterocycles. The molecular formula is C18H18OS. The normalized spacial score (nSPS) is 19.0. The number of carbonyl (C=O) groups excluding carboxylic acids is 1. The molecule has 0 radical (unpaired) electrons. The van der Waals surface area contributed by atoms with Crippen LogP contribution in [0.1, 0.15) is 25.7 Å². The zero-order chi connectivity index (χ0) is 13.8. The fraction of sp³-hybridized carbons (Fsp3) is 0.278. The maximum absolute atomic E-state index is 11.9. The Hall–Kier alpha value is -1.54. The molecule has 1 aliphatic carbocycles. The number of Topliss-reactive ketones (excluding diaryl/α,β-unsaturated/α-hetero) is 1. The smallest absolute Gasteiger partial charge is 0.146 e. The third-order valence-electron chi connectivity index (χ3n) is 3.74. The van der Waals surface area contributed by atoms with Crippen molar-refractivity contribution in [1.82, 2.24) is 0 Å². The standard InChI is InChI=1S/C18H18OS/c19-17-8-4-5-9-18(17)20-16-12-10-15(11-13-16)14-6-2-1-3-7-14/h1-3,6-7,10-13,18H,4-5,8-9H2. The Kier molecular flexibility index (Phi) is 4.22. The quantitative estimate of drug-likeness (QED) is 0.791. The molecule has 3 rings (SSSR count). The first-order valence-electron chi connectivity index (χ1n) is 7.18. The van der Waals surface area contributed by atoms with Gasteiger partial charge in [0.2, 0.25) is 0 Å². The van der Waals surface area contributed by atoms with Crippen LogP contribution in [-0.4, -0.2) is 11.0 Å². The molecule has 0 aromatic heterocycles. The summed E-state index contributed by atoms with van der Waals surface area (Å²) in [4.78, 5) is 13.1. The van der Waals surface area contributed by atoms with Gasteiger partial charge < -0.3 is 0 Å². The maximum Gasteiger partial charge on any atom is 0.146 e. The number of thioether (sulfide) groups is 1. The van der Waals surface area contributed by atoms with Crippen LogP contribution < -0.4 is 0 Å². The maximum atomic E-state index is 11.9. The summed E-state index contributed by atoms with van der Waals surface area (Å²) in [5, 5.41) is 0.173. The van der Waals surface area contributed by atoms with Gasteiger partial charge in [-0.05, 0) is 36.1 Å². The highest BCUT2D eigenvalue weighted by molar-refractivity contribution is 8.00. The van der Waals surface area contributed by atoms with Gasteiger partial charge in [-0.3, -0.25) is 4.79 Å². The Morgan fingerprint density at radius 2 is 1.55 bits per heavy atom. The molecule has 0 saturated heterocycles. The summed E-state index contributed by atoms with van der Waals surface area (Å²) in [6.45, 7) is 0. The first-order chi connectivity index (χ1) is 9.83. The molecule has 0 bridgehead atoms. The van der Waals surface area contributed by atoms with E-state index in [-0.39, 0.29) is 5.25 Å². The van der Waals surface area contributed by atoms with E-state index in [9.17, 15) is 4.79 Å². The molecule has 1 unspecified atom stereocenters. The van der Waals surface area contributed by atoms with Crippen LogP contribution in [0.25, 0.3) is 11.1 Å². The summed E-state index contributed by atoms with van der Waals surface area (Å²) in [7, 11) is 0. The van der Waals surface area contributed by atoms with Gasteiger partial charge >= 0.3 is 0 Å². The van der Waals surface area contributed by atoms with E-state index in [1.165, 1.54) is 22.4 Å². The molecule has 2 aromatic carbocycles. The van der Waals surface area contributed by atoms with E-state index in [4.69, 9.17) is 0 Å². The molecule has 0 N–H and O–H groups in total. The van der Waals surface area contributed by atoms with E-state index in [1.54, 1.807) is 11.8 Å². The number of hydrogen-bond acceptors (Lipinski definition) is 2. The van der Waals surface area contributed by atoms with Crippen molar-refractivity contribution >= 4 is 17.5 Å². The molecule has 1 aliphatic rings. The predicted molar refractivity (Wildman–Crippen MR) is 85.0 cm³/mol. The van der Waals surface area contributed by atoms with Crippen molar-refractivity contribution in [3.63, 3.8) is 0 Å². The molecule has 1 nitrogen and oxygen atoms in total. The summed E-state index contributed by atoms with van der Waals surface area (Å²) in [5.74, 6) is 0.424. The number of carbonyl (C=O) groups is 1. The van der Waals surface area contributed by atoms with Crippen LogP contribution in [-0.2, 0) is 4.79 Å². The molecule has 0 heterocycles. The van der Waals surface area contributed by atoms with Gasteiger partial charge in [0.25, 0.3) is 0 Å². The van der Waals surface area contributed by atoms with Crippen molar-refractivity contribution in [3.05, 3.63) is 54.6 Å². The average Bonchev–Trinajstić information content (AvgIpc) is 2.51. The van der Waals surface area contributed by atoms with Gasteiger partial charge in [-0.2, -0.15) is 0 Å². The molecule has 0 spiro atoms. The van der Waals surface area contributed by atoms with Crippen molar-refractivity contribution in [1.29, 1.82) is 0 Å². The Morgan fingerprint density at radius 1 is 0.850 bits per heavy atom. The Morgan fingerprint density at radius 3 is 2.25 bits per heavy atom. The van der Waals surface area contributed by atoms with Crippen LogP contribution in [0.4, 0.5) is 0 Å². The van der Waals surface area contributed by atoms with Crippen molar-refractivity contribution in [3.8, 4) is 11.1 Å². The lowest BCUT2D eigenvalue weighted by Crippen LogP contribution is -2.21. The van der Waals surface area contributed by atoms with E-state index >= 15 is 0 Å². The lowest BCUT2D eigenvalue weighted by atomic mass is 9.99. The highest BCUT2D eigenvalue weighted by Gasteiger charge is 2.22. The molecule has 1 fully saturated rings. The molecule has 2 aromatic rings. The number of rotatable bonds is 3. The minimum atomic E-state index is 0.173. The summed E-state index contributed by atoms with van der Waals surface area (Å²) >= 11 is 1.73. The van der Waals surface area contributed by atoms with Crippen LogP contribution in [0.3, 0.4) is 0 Å². The molecule has 20 heavy (non-hydrogen) atoms. The molecule has 2 heteroatoms. The van der Waals surface area contributed by atoms with Gasteiger partial charge in [0.15, 0.2) is 0 Å². The summed E-state index contributed by atoms with van der Waals surface area (Å²) in [6, 6.07) is 18.9. The van der Waals surface area contributed by atoms with Crippen LogP contribution >= 0.6 is 11.8 Å². The third-order valence-corrected chi connectivity index (χ3v) is 5.07. The second-order valence-corrected chi connectivity index (χ2v) is 6.49. The van der Waals surface area contributed by atoms with E-state index in [0.29, 0.717) is 5.78 Å². The van der Waals surface area contributed by atoms with Crippen molar-refractivity contribution < 1.29 is 4.79 Å². The van der Waals surface area contributed by atoms with E-state index in [0.717, 1.165) is 19.3 Å². The summed E-state index contributed by atoms with van der Waals surface area (Å²) in [5.41, 5.74) is 2.46. The lowest BCUT2D eigenvalue weighted by Gasteiger charge is -2.19. The zero-order valence-electron chi connectivity index (χ0n) is 11.4. The fourth-order valence-electron chi connectivity index (χ4n) is 2.60. The second kappa shape index (κ2) is 6.27. The SMILES string of the molecule is O=C1CCCCC1Sc1ccc(-c2ccccc2)cc1. The van der Waals surface area contributed by atoms with Crippen LogP contribution in [0.15, 0.2) is 59.5 Å². The topological polar surface area (TPSA) is 17.1 Å². The largest absolute Gasteiger partial charge is 0.298 e. The molecule has 102 valence electrons. The van der Waals surface area contributed by atoms with Gasteiger partial charge in [0.05, 0.1) is 5.25 Å². The van der Waals surface area contributed by atoms with Crippen LogP contribution in [0.5, 0.6) is 0 Å². The third kappa shape index (κ3) is 3.13. The molecule has 1 saturated carbocycles. The van der Waals surface area contributed by atoms with Crippen molar-refractivity contribution in [2.75, 3.05) is 0 Å². The molecular weight excluding hydrogens is 264 g/mol. The Balaban J connectivity index is 1.72. The van der Waals surface area contributed by atoms with Gasteiger partial charge in [0.1, 0.15) is 5.78 Å². The Bertz CT molecular complexity index is 574. The van der Waals surface area contributed by atoms with Crippen LogP contribution in [0.2, 0.25) is 0 Å². The van der Waals surface area contributed by atoms with E-state index < -0.39 is 0 Å². The minimum Gasteiger partial charge on any atom is -0.298 e. The number of hydrogen-bond donors (Lipinski definition) is 0. The molecule has 1 atom stereocenters. The summed E-state index contributed by atoms with van der Waals surface area (Å²) < 4.78 is 0.